The molecule has 31 heavy (non-hydrogen) atoms. The van der Waals surface area contributed by atoms with Crippen molar-refractivity contribution in [3.63, 3.8) is 0 Å². The van der Waals surface area contributed by atoms with Crippen LogP contribution in [-0.4, -0.2) is 58.8 Å². The zero-order valence-corrected chi connectivity index (χ0v) is 18.9. The van der Waals surface area contributed by atoms with Crippen molar-refractivity contribution in [3.05, 3.63) is 26.7 Å². The van der Waals surface area contributed by atoms with Crippen molar-refractivity contribution in [3.8, 4) is 0 Å². The molecule has 0 spiro atoms. The molecule has 0 amide bonds. The zero-order chi connectivity index (χ0) is 23.7. The molecule has 2 heterocycles. The summed E-state index contributed by atoms with van der Waals surface area (Å²) in [6.45, 7) is 9.32. The molecule has 11 nitrogen and oxygen atoms in total. The van der Waals surface area contributed by atoms with Crippen LogP contribution < -0.4 is 11.2 Å². The van der Waals surface area contributed by atoms with Gasteiger partial charge in [0.1, 0.15) is 5.82 Å². The minimum atomic E-state index is -1.82. The maximum atomic E-state index is 12.9. The van der Waals surface area contributed by atoms with E-state index in [1.165, 1.54) is 9.13 Å². The van der Waals surface area contributed by atoms with E-state index in [0.717, 1.165) is 44.6 Å². The van der Waals surface area contributed by atoms with E-state index in [9.17, 15) is 9.59 Å². The summed E-state index contributed by atoms with van der Waals surface area (Å²) in [6.07, 6.45) is 4.13. The number of rotatable bonds is 9. The maximum absolute atomic E-state index is 12.9. The van der Waals surface area contributed by atoms with Gasteiger partial charge in [0.2, 0.25) is 0 Å². The van der Waals surface area contributed by atoms with E-state index in [1.54, 1.807) is 7.05 Å². The van der Waals surface area contributed by atoms with Crippen molar-refractivity contribution in [1.82, 2.24) is 23.6 Å². The lowest BCUT2D eigenvalue weighted by Gasteiger charge is -2.17. The van der Waals surface area contributed by atoms with Crippen LogP contribution >= 0.6 is 0 Å². The van der Waals surface area contributed by atoms with Gasteiger partial charge in [-0.3, -0.25) is 18.8 Å². The lowest BCUT2D eigenvalue weighted by atomic mass is 10.2. The van der Waals surface area contributed by atoms with Crippen LogP contribution in [0.2, 0.25) is 0 Å². The monoisotopic (exact) mass is 439 g/mol. The number of hydrogen-bond donors (Lipinski definition) is 2. The standard InChI is InChI=1S/C18H31N5O2.C2H2O4/c1-6-9-10-11-12-23-17(24)15-16(21(5)18(23)25)19-14(20(15)4)13-22(7-2)8-3;3-1(4)2(5)6/h6-13H2,1-5H3;(H,3,4)(H,5,6). The highest BCUT2D eigenvalue weighted by atomic mass is 16.4. The molecule has 0 saturated heterocycles. The Morgan fingerprint density at radius 1 is 0.935 bits per heavy atom. The fourth-order valence-corrected chi connectivity index (χ4v) is 3.17. The Balaban J connectivity index is 0.000000703. The largest absolute Gasteiger partial charge is 0.473 e. The predicted octanol–water partition coefficient (Wildman–Crippen LogP) is 1.01. The molecule has 2 aromatic rings. The number of carboxylic acid groups (broad SMARTS) is 2. The summed E-state index contributed by atoms with van der Waals surface area (Å²) in [6, 6.07) is 0. The molecule has 0 aliphatic carbocycles. The average molecular weight is 440 g/mol. The second-order valence-electron chi connectivity index (χ2n) is 7.19. The topological polar surface area (TPSA) is 140 Å². The molecule has 2 N–H and O–H groups in total. The van der Waals surface area contributed by atoms with Crippen molar-refractivity contribution < 1.29 is 19.8 Å². The summed E-state index contributed by atoms with van der Waals surface area (Å²) >= 11 is 0. The molecular weight excluding hydrogens is 406 g/mol. The number of aryl methyl sites for hydroxylation is 2. The zero-order valence-electron chi connectivity index (χ0n) is 18.9. The molecule has 0 atom stereocenters. The molecule has 0 fully saturated rings. The van der Waals surface area contributed by atoms with Gasteiger partial charge in [-0.15, -0.1) is 0 Å². The highest BCUT2D eigenvalue weighted by Crippen LogP contribution is 2.11. The van der Waals surface area contributed by atoms with Crippen LogP contribution in [-0.2, 0) is 36.8 Å². The summed E-state index contributed by atoms with van der Waals surface area (Å²) in [4.78, 5) is 50.5. The number of fused-ring (bicyclic) bond motifs is 1. The van der Waals surface area contributed by atoms with Crippen molar-refractivity contribution in [2.24, 2.45) is 14.1 Å². The van der Waals surface area contributed by atoms with E-state index >= 15 is 0 Å². The van der Waals surface area contributed by atoms with Crippen LogP contribution in [0.4, 0.5) is 0 Å². The van der Waals surface area contributed by atoms with Gasteiger partial charge in [0.15, 0.2) is 11.2 Å². The summed E-state index contributed by atoms with van der Waals surface area (Å²) in [7, 11) is 3.56. The SMILES string of the molecule is CCCCCCn1c(=O)c2c(nc(CN(CC)CC)n2C)n(C)c1=O.O=C(O)C(=O)O. The Hall–Kier alpha value is -2.95. The number of carbonyl (C=O) groups is 2. The summed E-state index contributed by atoms with van der Waals surface area (Å²) in [5.74, 6) is -2.83. The third kappa shape index (κ3) is 6.51. The number of aromatic nitrogens is 4. The highest BCUT2D eigenvalue weighted by Gasteiger charge is 2.19. The normalized spacial score (nSPS) is 10.9. The fraction of sp³-hybridized carbons (Fsp3) is 0.650. The van der Waals surface area contributed by atoms with Crippen LogP contribution in [0.5, 0.6) is 0 Å². The second kappa shape index (κ2) is 12.0. The van der Waals surface area contributed by atoms with Crippen molar-refractivity contribution in [2.45, 2.75) is 59.5 Å². The number of aliphatic carboxylic acids is 2. The first kappa shape index (κ1) is 26.1. The summed E-state index contributed by atoms with van der Waals surface area (Å²) < 4.78 is 4.71. The Labute approximate surface area is 180 Å². The van der Waals surface area contributed by atoms with E-state index in [0.29, 0.717) is 24.3 Å². The number of imidazole rings is 1. The van der Waals surface area contributed by atoms with Gasteiger partial charge in [-0.2, -0.15) is 0 Å². The third-order valence-electron chi connectivity index (χ3n) is 5.13. The van der Waals surface area contributed by atoms with Crippen LogP contribution in [0.25, 0.3) is 11.2 Å². The molecular formula is C20H33N5O6. The average Bonchev–Trinajstić information content (AvgIpc) is 3.06. The van der Waals surface area contributed by atoms with Gasteiger partial charge in [0.25, 0.3) is 5.56 Å². The molecule has 2 aromatic heterocycles. The minimum absolute atomic E-state index is 0.226. The van der Waals surface area contributed by atoms with E-state index in [-0.39, 0.29) is 11.2 Å². The quantitative estimate of drug-likeness (QED) is 0.436. The molecule has 11 heteroatoms. The first-order chi connectivity index (χ1) is 14.6. The fourth-order valence-electron chi connectivity index (χ4n) is 3.17. The van der Waals surface area contributed by atoms with Gasteiger partial charge in [-0.05, 0) is 19.5 Å². The lowest BCUT2D eigenvalue weighted by Crippen LogP contribution is -2.39. The minimum Gasteiger partial charge on any atom is -0.473 e. The molecule has 0 bridgehead atoms. The maximum Gasteiger partial charge on any atom is 0.414 e. The Morgan fingerprint density at radius 3 is 2.00 bits per heavy atom. The summed E-state index contributed by atoms with van der Waals surface area (Å²) in [5, 5.41) is 14.8. The number of hydrogen-bond acceptors (Lipinski definition) is 6. The first-order valence-corrected chi connectivity index (χ1v) is 10.4. The molecule has 0 unspecified atom stereocenters. The third-order valence-corrected chi connectivity index (χ3v) is 5.13. The van der Waals surface area contributed by atoms with Crippen LogP contribution in [0.3, 0.4) is 0 Å². The second-order valence-corrected chi connectivity index (χ2v) is 7.19. The van der Waals surface area contributed by atoms with Gasteiger partial charge in [0, 0.05) is 20.6 Å². The number of nitrogens with zero attached hydrogens (tertiary/aromatic N) is 5. The van der Waals surface area contributed by atoms with Crippen molar-refractivity contribution in [1.29, 1.82) is 0 Å². The molecule has 2 rings (SSSR count). The Kier molecular flexibility index (Phi) is 10.1. The molecule has 0 saturated carbocycles. The lowest BCUT2D eigenvalue weighted by molar-refractivity contribution is -0.159. The van der Waals surface area contributed by atoms with Gasteiger partial charge in [-0.25, -0.2) is 19.4 Å². The van der Waals surface area contributed by atoms with E-state index < -0.39 is 11.9 Å². The number of carboxylic acids is 2. The van der Waals surface area contributed by atoms with E-state index in [2.05, 4.69) is 30.7 Å². The molecule has 0 aliphatic rings. The highest BCUT2D eigenvalue weighted by molar-refractivity contribution is 6.27. The van der Waals surface area contributed by atoms with Crippen LogP contribution in [0.1, 0.15) is 52.3 Å². The van der Waals surface area contributed by atoms with Crippen molar-refractivity contribution in [2.75, 3.05) is 13.1 Å². The molecule has 0 aromatic carbocycles. The van der Waals surface area contributed by atoms with Gasteiger partial charge in [0.05, 0.1) is 6.54 Å². The Bertz CT molecular complexity index is 1000. The molecule has 0 aliphatic heterocycles. The van der Waals surface area contributed by atoms with Gasteiger partial charge in [-0.1, -0.05) is 40.0 Å². The smallest absolute Gasteiger partial charge is 0.414 e. The van der Waals surface area contributed by atoms with Crippen LogP contribution in [0, 0.1) is 0 Å². The summed E-state index contributed by atoms with van der Waals surface area (Å²) in [5.41, 5.74) is 0.487. The van der Waals surface area contributed by atoms with E-state index in [1.807, 2.05) is 11.6 Å². The van der Waals surface area contributed by atoms with E-state index in [4.69, 9.17) is 19.8 Å². The first-order valence-electron chi connectivity index (χ1n) is 10.4. The van der Waals surface area contributed by atoms with Crippen LogP contribution in [0.15, 0.2) is 9.59 Å². The van der Waals surface area contributed by atoms with Gasteiger partial charge < -0.3 is 14.8 Å². The molecule has 174 valence electrons. The number of unbranched alkanes of at least 4 members (excludes halogenated alkanes) is 3. The molecule has 0 radical (unpaired) electrons. The Morgan fingerprint density at radius 2 is 1.52 bits per heavy atom. The van der Waals surface area contributed by atoms with Gasteiger partial charge >= 0.3 is 17.6 Å². The van der Waals surface area contributed by atoms with Crippen molar-refractivity contribution >= 4 is 23.1 Å². The predicted molar refractivity (Wildman–Crippen MR) is 116 cm³/mol.